The number of rotatable bonds is 4. The predicted octanol–water partition coefficient (Wildman–Crippen LogP) is 12.7. The van der Waals surface area contributed by atoms with Crippen LogP contribution in [0, 0.1) is 0 Å². The van der Waals surface area contributed by atoms with Gasteiger partial charge in [-0.05, 0) is 53.6 Å². The average Bonchev–Trinajstić information content (AvgIpc) is 3.86. The second kappa shape index (κ2) is 11.2. The minimum absolute atomic E-state index is 0.600. The lowest BCUT2D eigenvalue weighted by Crippen LogP contribution is -2.06. The highest BCUT2D eigenvalue weighted by Gasteiger charge is 2.21. The van der Waals surface area contributed by atoms with E-state index in [1.165, 1.54) is 51.1 Å². The number of aromatic nitrogens is 4. The van der Waals surface area contributed by atoms with Gasteiger partial charge in [0.25, 0.3) is 0 Å². The van der Waals surface area contributed by atoms with Gasteiger partial charge in [0.15, 0.2) is 11.6 Å². The summed E-state index contributed by atoms with van der Waals surface area (Å²) in [6.07, 6.45) is 0. The fourth-order valence-electron chi connectivity index (χ4n) is 7.51. The van der Waals surface area contributed by atoms with E-state index in [0.29, 0.717) is 17.6 Å². The second-order valence-electron chi connectivity index (χ2n) is 12.8. The molecule has 11 aromatic rings. The fraction of sp³-hybridized carbons (Fsp3) is 0. The van der Waals surface area contributed by atoms with Crippen molar-refractivity contribution >= 4 is 84.8 Å². The Morgan fingerprint density at radius 1 is 0.373 bits per heavy atom. The van der Waals surface area contributed by atoms with Crippen LogP contribution in [0.15, 0.2) is 158 Å². The molecule has 238 valence electrons. The average molecular weight is 687 g/mol. The molecule has 4 nitrogen and oxygen atoms in total. The van der Waals surface area contributed by atoms with Crippen LogP contribution in [-0.2, 0) is 0 Å². The molecule has 0 saturated carbocycles. The van der Waals surface area contributed by atoms with Gasteiger partial charge in [-0.1, -0.05) is 115 Å². The zero-order valence-corrected chi connectivity index (χ0v) is 28.7. The number of para-hydroxylation sites is 1. The van der Waals surface area contributed by atoms with E-state index in [2.05, 4.69) is 156 Å². The van der Waals surface area contributed by atoms with E-state index in [4.69, 9.17) is 15.0 Å². The first kappa shape index (κ1) is 28.6. The molecule has 0 spiro atoms. The van der Waals surface area contributed by atoms with E-state index >= 15 is 0 Å². The Hall–Kier alpha value is -6.21. The first-order valence-corrected chi connectivity index (χ1v) is 18.6. The van der Waals surface area contributed by atoms with Gasteiger partial charge in [0.2, 0.25) is 5.95 Å². The van der Waals surface area contributed by atoms with Crippen LogP contribution in [0.3, 0.4) is 0 Å². The summed E-state index contributed by atoms with van der Waals surface area (Å²) in [6.45, 7) is 0. The largest absolute Gasteiger partial charge is 0.278 e. The summed E-state index contributed by atoms with van der Waals surface area (Å²) in [6, 6.07) is 56.0. The molecule has 0 saturated heterocycles. The van der Waals surface area contributed by atoms with Crippen LogP contribution >= 0.6 is 22.7 Å². The normalized spacial score (nSPS) is 11.9. The van der Waals surface area contributed by atoms with E-state index in [9.17, 15) is 0 Å². The minimum atomic E-state index is 0.600. The van der Waals surface area contributed by atoms with Gasteiger partial charge >= 0.3 is 0 Å². The van der Waals surface area contributed by atoms with Gasteiger partial charge in [-0.25, -0.2) is 4.98 Å². The second-order valence-corrected chi connectivity index (χ2v) is 15.0. The summed E-state index contributed by atoms with van der Waals surface area (Å²) in [5, 5.41) is 7.33. The molecule has 51 heavy (non-hydrogen) atoms. The number of thiophene rings is 2. The van der Waals surface area contributed by atoms with E-state index in [0.717, 1.165) is 33.3 Å². The third-order valence-electron chi connectivity index (χ3n) is 9.87. The molecule has 0 bridgehead atoms. The Morgan fingerprint density at radius 2 is 1.02 bits per heavy atom. The predicted molar refractivity (Wildman–Crippen MR) is 216 cm³/mol. The van der Waals surface area contributed by atoms with Gasteiger partial charge in [-0.3, -0.25) is 4.57 Å². The highest BCUT2D eigenvalue weighted by molar-refractivity contribution is 7.26. The summed E-state index contributed by atoms with van der Waals surface area (Å²) >= 11 is 3.63. The molecular formula is C45H26N4S2. The van der Waals surface area contributed by atoms with E-state index in [1.54, 1.807) is 11.3 Å². The first-order valence-electron chi connectivity index (χ1n) is 16.9. The molecule has 0 N–H and O–H groups in total. The third kappa shape index (κ3) is 4.47. The molecular weight excluding hydrogens is 661 g/mol. The molecule has 0 aliphatic carbocycles. The van der Waals surface area contributed by atoms with Crippen molar-refractivity contribution in [3.63, 3.8) is 0 Å². The van der Waals surface area contributed by atoms with Crippen molar-refractivity contribution in [2.45, 2.75) is 0 Å². The Balaban J connectivity index is 1.22. The van der Waals surface area contributed by atoms with Gasteiger partial charge in [0, 0.05) is 62.2 Å². The molecule has 7 aromatic carbocycles. The molecule has 0 aliphatic heterocycles. The van der Waals surface area contributed by atoms with Crippen molar-refractivity contribution in [1.29, 1.82) is 0 Å². The van der Waals surface area contributed by atoms with Crippen molar-refractivity contribution in [3.05, 3.63) is 158 Å². The van der Waals surface area contributed by atoms with Crippen LogP contribution in [0.1, 0.15) is 0 Å². The molecule has 4 aromatic heterocycles. The molecule has 6 heteroatoms. The number of benzene rings is 7. The fourth-order valence-corrected chi connectivity index (χ4v) is 9.85. The molecule has 0 fully saturated rings. The highest BCUT2D eigenvalue weighted by atomic mass is 32.1. The number of hydrogen-bond donors (Lipinski definition) is 0. The summed E-state index contributed by atoms with van der Waals surface area (Å²) in [4.78, 5) is 15.9. The zero-order valence-electron chi connectivity index (χ0n) is 27.1. The summed E-state index contributed by atoms with van der Waals surface area (Å²) < 4.78 is 7.22. The molecule has 11 rings (SSSR count). The summed E-state index contributed by atoms with van der Waals surface area (Å²) in [5.74, 6) is 1.90. The van der Waals surface area contributed by atoms with Crippen molar-refractivity contribution < 1.29 is 0 Å². The third-order valence-corrected chi connectivity index (χ3v) is 12.2. The summed E-state index contributed by atoms with van der Waals surface area (Å²) in [7, 11) is 0. The van der Waals surface area contributed by atoms with Gasteiger partial charge in [-0.15, -0.1) is 22.7 Å². The van der Waals surface area contributed by atoms with E-state index < -0.39 is 0 Å². The molecule has 4 heterocycles. The SMILES string of the molecule is c1ccc(-c2cccc(-c3nc(-c4cccc5c4sc4ccccc45)nc(-n4c5ccccc5c5cc6sc7ccccc7c6cc54)n3)c2)cc1. The van der Waals surface area contributed by atoms with Gasteiger partial charge in [-0.2, -0.15) is 9.97 Å². The minimum Gasteiger partial charge on any atom is -0.278 e. The van der Waals surface area contributed by atoms with Crippen molar-refractivity contribution in [1.82, 2.24) is 19.5 Å². The van der Waals surface area contributed by atoms with Crippen LogP contribution in [0.25, 0.3) is 102 Å². The van der Waals surface area contributed by atoms with E-state index in [-0.39, 0.29) is 0 Å². The Bertz CT molecular complexity index is 3150. The molecule has 0 aliphatic rings. The smallest absolute Gasteiger partial charge is 0.238 e. The summed E-state index contributed by atoms with van der Waals surface area (Å²) in [5.41, 5.74) is 6.36. The van der Waals surface area contributed by atoms with E-state index in [1.807, 2.05) is 17.4 Å². The topological polar surface area (TPSA) is 43.6 Å². The van der Waals surface area contributed by atoms with Gasteiger partial charge in [0.1, 0.15) is 0 Å². The highest BCUT2D eigenvalue weighted by Crippen LogP contribution is 2.42. The lowest BCUT2D eigenvalue weighted by Gasteiger charge is -2.12. The lowest BCUT2D eigenvalue weighted by molar-refractivity contribution is 0.955. The molecule has 0 amide bonds. The molecule has 0 atom stereocenters. The zero-order chi connectivity index (χ0) is 33.5. The Labute approximate surface area is 300 Å². The first-order chi connectivity index (χ1) is 25.3. The number of hydrogen-bond acceptors (Lipinski definition) is 5. The van der Waals surface area contributed by atoms with Crippen LogP contribution in [0.2, 0.25) is 0 Å². The number of fused-ring (bicyclic) bond motifs is 9. The monoisotopic (exact) mass is 686 g/mol. The van der Waals surface area contributed by atoms with Gasteiger partial charge < -0.3 is 0 Å². The maximum atomic E-state index is 5.35. The maximum Gasteiger partial charge on any atom is 0.238 e. The lowest BCUT2D eigenvalue weighted by atomic mass is 10.0. The Kier molecular flexibility index (Phi) is 6.26. The molecule has 0 radical (unpaired) electrons. The number of nitrogens with zero attached hydrogens (tertiary/aromatic N) is 4. The maximum absolute atomic E-state index is 5.35. The van der Waals surface area contributed by atoms with Crippen LogP contribution in [0.4, 0.5) is 0 Å². The van der Waals surface area contributed by atoms with Crippen molar-refractivity contribution in [2.24, 2.45) is 0 Å². The van der Waals surface area contributed by atoms with Crippen LogP contribution < -0.4 is 0 Å². The van der Waals surface area contributed by atoms with Crippen LogP contribution in [0.5, 0.6) is 0 Å². The molecule has 0 unspecified atom stereocenters. The van der Waals surface area contributed by atoms with Crippen LogP contribution in [-0.4, -0.2) is 19.5 Å². The standard InChI is InChI=1S/C45H26N4S2/c1-2-12-27(13-3-1)28-14-10-15-29(24-28)43-46-44(34-20-11-19-33-31-17-5-9-23-40(31)51-42(33)34)48-45(47-43)49-37-21-7-4-16-30(37)35-26-41-36(25-38(35)49)32-18-6-8-22-39(32)50-41/h1-26H. The quantitative estimate of drug-likeness (QED) is 0.185. The Morgan fingerprint density at radius 3 is 1.88 bits per heavy atom. The van der Waals surface area contributed by atoms with Crippen molar-refractivity contribution in [2.75, 3.05) is 0 Å². The van der Waals surface area contributed by atoms with Crippen molar-refractivity contribution in [3.8, 4) is 39.9 Å². The van der Waals surface area contributed by atoms with Gasteiger partial charge in [0.05, 0.1) is 11.0 Å².